The zero-order valence-electron chi connectivity index (χ0n) is 19.2. The van der Waals surface area contributed by atoms with E-state index >= 15 is 0 Å². The second kappa shape index (κ2) is 9.99. The van der Waals surface area contributed by atoms with Gasteiger partial charge >= 0.3 is 0 Å². The lowest BCUT2D eigenvalue weighted by Crippen LogP contribution is -2.37. The molecule has 0 saturated heterocycles. The summed E-state index contributed by atoms with van der Waals surface area (Å²) in [4.78, 5) is 14.4. The van der Waals surface area contributed by atoms with Gasteiger partial charge in [0.1, 0.15) is 0 Å². The van der Waals surface area contributed by atoms with Crippen molar-refractivity contribution in [2.24, 2.45) is 17.6 Å². The van der Waals surface area contributed by atoms with E-state index in [1.54, 1.807) is 11.3 Å². The Morgan fingerprint density at radius 3 is 2.65 bits per heavy atom. The van der Waals surface area contributed by atoms with E-state index in [-0.39, 0.29) is 17.9 Å². The second-order valence-corrected chi connectivity index (χ2v) is 10.3. The van der Waals surface area contributed by atoms with Crippen molar-refractivity contribution in [3.8, 4) is 11.1 Å². The van der Waals surface area contributed by atoms with Gasteiger partial charge in [-0.3, -0.25) is 9.89 Å². The Labute approximate surface area is 203 Å². The molecular formula is C27H31N5OS. The summed E-state index contributed by atoms with van der Waals surface area (Å²) in [6, 6.07) is 18.6. The van der Waals surface area contributed by atoms with E-state index in [2.05, 4.69) is 51.2 Å². The summed E-state index contributed by atoms with van der Waals surface area (Å²) in [6.45, 7) is 0.722. The largest absolute Gasteiger partial charge is 0.382 e. The fourth-order valence-corrected chi connectivity index (χ4v) is 5.90. The summed E-state index contributed by atoms with van der Waals surface area (Å²) in [6.07, 6.45) is 4.70. The van der Waals surface area contributed by atoms with Gasteiger partial charge in [-0.25, -0.2) is 0 Å². The summed E-state index contributed by atoms with van der Waals surface area (Å²) >= 11 is 1.69. The highest BCUT2D eigenvalue weighted by atomic mass is 32.1. The SMILES string of the molecule is NCC1CCC(C(=O)NC(Cc2ccccc2)c2cc(-c3ccc4c(N)n[nH]c4c3)cs2)CC1. The maximum absolute atomic E-state index is 13.2. The van der Waals surface area contributed by atoms with Crippen LogP contribution in [0.1, 0.15) is 42.2 Å². The van der Waals surface area contributed by atoms with Crippen molar-refractivity contribution in [1.82, 2.24) is 15.5 Å². The van der Waals surface area contributed by atoms with Gasteiger partial charge in [0.05, 0.1) is 11.6 Å². The number of rotatable bonds is 7. The topological polar surface area (TPSA) is 110 Å². The third kappa shape index (κ3) is 4.86. The van der Waals surface area contributed by atoms with Gasteiger partial charge in [-0.15, -0.1) is 11.3 Å². The lowest BCUT2D eigenvalue weighted by Gasteiger charge is -2.28. The molecule has 0 bridgehead atoms. The first-order valence-electron chi connectivity index (χ1n) is 12.0. The molecule has 1 aliphatic rings. The molecular weight excluding hydrogens is 442 g/mol. The first kappa shape index (κ1) is 22.6. The average Bonchev–Trinajstić information content (AvgIpc) is 3.51. The van der Waals surface area contributed by atoms with Crippen LogP contribution in [0.2, 0.25) is 0 Å². The normalized spacial score (nSPS) is 19.2. The molecule has 34 heavy (non-hydrogen) atoms. The Bertz CT molecular complexity index is 1260. The van der Waals surface area contributed by atoms with E-state index in [0.717, 1.165) is 65.6 Å². The van der Waals surface area contributed by atoms with Crippen molar-refractivity contribution >= 4 is 34.0 Å². The van der Waals surface area contributed by atoms with Crippen LogP contribution in [0.5, 0.6) is 0 Å². The van der Waals surface area contributed by atoms with Gasteiger partial charge < -0.3 is 16.8 Å². The number of H-pyrrole nitrogens is 1. The molecule has 6 N–H and O–H groups in total. The van der Waals surface area contributed by atoms with Crippen molar-refractivity contribution in [2.75, 3.05) is 12.3 Å². The molecule has 7 heteroatoms. The number of nitrogens with zero attached hydrogens (tertiary/aromatic N) is 1. The highest BCUT2D eigenvalue weighted by molar-refractivity contribution is 7.10. The standard InChI is InChI=1S/C27H31N5OS/c28-15-18-6-8-19(9-7-18)27(33)30-24(12-17-4-2-1-3-5-17)25-14-21(16-34-25)20-10-11-22-23(13-20)31-32-26(22)29/h1-5,10-11,13-14,16,18-19,24H,6-9,12,15,28H2,(H,30,33)(H3,29,31,32). The Kier molecular flexibility index (Phi) is 6.65. The molecule has 1 aliphatic carbocycles. The molecule has 0 radical (unpaired) electrons. The molecule has 5 rings (SSSR count). The molecule has 1 saturated carbocycles. The van der Waals surface area contributed by atoms with E-state index in [0.29, 0.717) is 11.7 Å². The quantitative estimate of drug-likeness (QED) is 0.301. The van der Waals surface area contributed by atoms with Crippen molar-refractivity contribution in [2.45, 2.75) is 38.1 Å². The third-order valence-electron chi connectivity index (χ3n) is 7.04. The highest BCUT2D eigenvalue weighted by Gasteiger charge is 2.28. The van der Waals surface area contributed by atoms with E-state index in [4.69, 9.17) is 11.5 Å². The summed E-state index contributed by atoms with van der Waals surface area (Å²) in [5, 5.41) is 13.6. The molecule has 4 aromatic rings. The van der Waals surface area contributed by atoms with E-state index < -0.39 is 0 Å². The van der Waals surface area contributed by atoms with Crippen LogP contribution >= 0.6 is 11.3 Å². The second-order valence-electron chi connectivity index (χ2n) is 9.31. The van der Waals surface area contributed by atoms with Crippen LogP contribution in [0.4, 0.5) is 5.82 Å². The monoisotopic (exact) mass is 473 g/mol. The van der Waals surface area contributed by atoms with Gasteiger partial charge in [-0.1, -0.05) is 36.4 Å². The molecule has 2 aromatic heterocycles. The number of hydrogen-bond acceptors (Lipinski definition) is 5. The molecule has 2 aromatic carbocycles. The maximum Gasteiger partial charge on any atom is 0.223 e. The summed E-state index contributed by atoms with van der Waals surface area (Å²) in [5.41, 5.74) is 16.1. The van der Waals surface area contributed by atoms with Crippen molar-refractivity contribution in [1.29, 1.82) is 0 Å². The fourth-order valence-electron chi connectivity index (χ4n) is 4.93. The third-order valence-corrected chi connectivity index (χ3v) is 8.09. The molecule has 6 nitrogen and oxygen atoms in total. The van der Waals surface area contributed by atoms with Gasteiger partial charge in [0, 0.05) is 16.2 Å². The minimum absolute atomic E-state index is 0.0626. The summed E-state index contributed by atoms with van der Waals surface area (Å²) in [5.74, 6) is 1.32. The molecule has 1 atom stereocenters. The number of amides is 1. The van der Waals surface area contributed by atoms with Gasteiger partial charge in [-0.2, -0.15) is 5.10 Å². The molecule has 0 spiro atoms. The Morgan fingerprint density at radius 1 is 1.09 bits per heavy atom. The number of aromatic amines is 1. The number of nitrogens with two attached hydrogens (primary N) is 2. The zero-order valence-corrected chi connectivity index (χ0v) is 20.0. The maximum atomic E-state index is 13.2. The van der Waals surface area contributed by atoms with Crippen molar-refractivity contribution in [3.63, 3.8) is 0 Å². The van der Waals surface area contributed by atoms with E-state index in [1.165, 1.54) is 5.56 Å². The number of carbonyl (C=O) groups excluding carboxylic acids is 1. The number of hydrogen-bond donors (Lipinski definition) is 4. The molecule has 1 fully saturated rings. The minimum Gasteiger partial charge on any atom is -0.382 e. The number of benzene rings is 2. The average molecular weight is 474 g/mol. The van der Waals surface area contributed by atoms with Crippen molar-refractivity contribution < 1.29 is 4.79 Å². The van der Waals surface area contributed by atoms with Crippen LogP contribution in [-0.4, -0.2) is 22.6 Å². The van der Waals surface area contributed by atoms with Crippen LogP contribution < -0.4 is 16.8 Å². The molecule has 176 valence electrons. The Hall–Kier alpha value is -3.16. The van der Waals surface area contributed by atoms with Crippen LogP contribution in [0.15, 0.2) is 60.0 Å². The highest BCUT2D eigenvalue weighted by Crippen LogP contribution is 2.34. The number of anilines is 1. The van der Waals surface area contributed by atoms with Crippen LogP contribution in [0, 0.1) is 11.8 Å². The van der Waals surface area contributed by atoms with E-state index in [9.17, 15) is 4.79 Å². The molecule has 1 amide bonds. The smallest absolute Gasteiger partial charge is 0.223 e. The minimum atomic E-state index is -0.0626. The Balaban J connectivity index is 1.37. The van der Waals surface area contributed by atoms with Gasteiger partial charge in [-0.05, 0) is 84.8 Å². The first-order chi connectivity index (χ1) is 16.6. The van der Waals surface area contributed by atoms with Crippen molar-refractivity contribution in [3.05, 3.63) is 70.4 Å². The lowest BCUT2D eigenvalue weighted by atomic mass is 9.81. The number of thiophene rings is 1. The predicted molar refractivity (Wildman–Crippen MR) is 139 cm³/mol. The Morgan fingerprint density at radius 2 is 1.88 bits per heavy atom. The number of nitrogens with one attached hydrogen (secondary N) is 2. The zero-order chi connectivity index (χ0) is 23.5. The lowest BCUT2D eigenvalue weighted by molar-refractivity contribution is -0.127. The predicted octanol–water partition coefficient (Wildman–Crippen LogP) is 5.04. The number of carbonyl (C=O) groups is 1. The number of aromatic nitrogens is 2. The van der Waals surface area contributed by atoms with Gasteiger partial charge in [0.15, 0.2) is 5.82 Å². The van der Waals surface area contributed by atoms with Gasteiger partial charge in [0.2, 0.25) is 5.91 Å². The summed E-state index contributed by atoms with van der Waals surface area (Å²) < 4.78 is 0. The fraction of sp³-hybridized carbons (Fsp3) is 0.333. The van der Waals surface area contributed by atoms with Crippen LogP contribution in [0.25, 0.3) is 22.0 Å². The van der Waals surface area contributed by atoms with Crippen LogP contribution in [0.3, 0.4) is 0 Å². The number of nitrogen functional groups attached to an aromatic ring is 1. The summed E-state index contributed by atoms with van der Waals surface area (Å²) in [7, 11) is 0. The van der Waals surface area contributed by atoms with Gasteiger partial charge in [0.25, 0.3) is 0 Å². The first-order valence-corrected chi connectivity index (χ1v) is 12.9. The van der Waals surface area contributed by atoms with Crippen LogP contribution in [-0.2, 0) is 11.2 Å². The van der Waals surface area contributed by atoms with E-state index in [1.807, 2.05) is 24.3 Å². The molecule has 2 heterocycles. The molecule has 0 aliphatic heterocycles. The molecule has 1 unspecified atom stereocenters. The number of fused-ring (bicyclic) bond motifs is 1.